The molecule has 0 aromatic heterocycles. The Balaban J connectivity index is 1.50. The van der Waals surface area contributed by atoms with Crippen molar-refractivity contribution in [3.05, 3.63) is 90.2 Å². The second-order valence-electron chi connectivity index (χ2n) is 5.50. The molecule has 4 nitrogen and oxygen atoms in total. The van der Waals surface area contributed by atoms with Crippen LogP contribution in [0.3, 0.4) is 0 Å². The lowest BCUT2D eigenvalue weighted by Crippen LogP contribution is -2.24. The Morgan fingerprint density at radius 1 is 0.923 bits per heavy atom. The second-order valence-corrected chi connectivity index (χ2v) is 5.50. The Labute approximate surface area is 150 Å². The van der Waals surface area contributed by atoms with Crippen molar-refractivity contribution < 1.29 is 13.9 Å². The highest BCUT2D eigenvalue weighted by Crippen LogP contribution is 2.18. The van der Waals surface area contributed by atoms with Crippen molar-refractivity contribution in [2.24, 2.45) is 5.10 Å². The molecule has 0 aliphatic heterocycles. The van der Waals surface area contributed by atoms with Gasteiger partial charge in [-0.2, -0.15) is 5.10 Å². The molecule has 1 amide bonds. The van der Waals surface area contributed by atoms with Gasteiger partial charge in [0.25, 0.3) is 5.91 Å². The monoisotopic (exact) mass is 348 g/mol. The third kappa shape index (κ3) is 4.77. The number of carbonyl (C=O) groups excluding carboxylic acids is 1. The van der Waals surface area contributed by atoms with Gasteiger partial charge in [-0.1, -0.05) is 66.7 Å². The number of hydrogen-bond donors (Lipinski definition) is 1. The topological polar surface area (TPSA) is 50.7 Å². The lowest BCUT2D eigenvalue weighted by Gasteiger charge is -2.05. The van der Waals surface area contributed by atoms with Crippen LogP contribution < -0.4 is 10.2 Å². The largest absolute Gasteiger partial charge is 0.481 e. The Kier molecular flexibility index (Phi) is 5.72. The third-order valence-corrected chi connectivity index (χ3v) is 3.62. The Bertz CT molecular complexity index is 893. The van der Waals surface area contributed by atoms with Gasteiger partial charge < -0.3 is 4.74 Å². The first-order valence-electron chi connectivity index (χ1n) is 8.07. The van der Waals surface area contributed by atoms with Crippen LogP contribution in [0.4, 0.5) is 4.39 Å². The fourth-order valence-corrected chi connectivity index (χ4v) is 2.31. The van der Waals surface area contributed by atoms with Crippen molar-refractivity contribution in [1.82, 2.24) is 5.43 Å². The van der Waals surface area contributed by atoms with Crippen molar-refractivity contribution in [1.29, 1.82) is 0 Å². The highest BCUT2D eigenvalue weighted by Gasteiger charge is 2.05. The van der Waals surface area contributed by atoms with Crippen LogP contribution in [0.2, 0.25) is 0 Å². The number of benzene rings is 3. The van der Waals surface area contributed by atoms with E-state index in [-0.39, 0.29) is 12.4 Å². The van der Waals surface area contributed by atoms with Gasteiger partial charge in [0.15, 0.2) is 18.2 Å². The van der Waals surface area contributed by atoms with E-state index in [4.69, 9.17) is 4.74 Å². The number of halogens is 1. The Hall–Kier alpha value is -3.47. The summed E-state index contributed by atoms with van der Waals surface area (Å²) in [4.78, 5) is 11.7. The minimum Gasteiger partial charge on any atom is -0.481 e. The molecule has 0 fully saturated rings. The first kappa shape index (κ1) is 17.4. The van der Waals surface area contributed by atoms with Gasteiger partial charge in [-0.15, -0.1) is 0 Å². The minimum absolute atomic E-state index is 0.0307. The molecule has 0 radical (unpaired) electrons. The average molecular weight is 348 g/mol. The second kappa shape index (κ2) is 8.58. The molecule has 3 rings (SSSR count). The lowest BCUT2D eigenvalue weighted by molar-refractivity contribution is -0.123. The fourth-order valence-electron chi connectivity index (χ4n) is 2.31. The van der Waals surface area contributed by atoms with Crippen LogP contribution in [0, 0.1) is 5.82 Å². The zero-order chi connectivity index (χ0) is 18.2. The summed E-state index contributed by atoms with van der Waals surface area (Å²) >= 11 is 0. The van der Waals surface area contributed by atoms with Crippen molar-refractivity contribution in [3.63, 3.8) is 0 Å². The van der Waals surface area contributed by atoms with Crippen LogP contribution in [-0.2, 0) is 4.79 Å². The molecule has 0 unspecified atom stereocenters. The molecule has 0 spiro atoms. The summed E-state index contributed by atoms with van der Waals surface area (Å²) in [6, 6.07) is 23.7. The summed E-state index contributed by atoms with van der Waals surface area (Å²) < 4.78 is 18.5. The van der Waals surface area contributed by atoms with Crippen molar-refractivity contribution >= 4 is 12.1 Å². The first-order chi connectivity index (χ1) is 12.7. The zero-order valence-corrected chi connectivity index (χ0v) is 13.9. The number of rotatable bonds is 6. The van der Waals surface area contributed by atoms with Crippen molar-refractivity contribution in [2.75, 3.05) is 6.61 Å². The normalized spacial score (nSPS) is 10.7. The summed E-state index contributed by atoms with van der Waals surface area (Å²) in [5.41, 5.74) is 5.43. The quantitative estimate of drug-likeness (QED) is 0.540. The Morgan fingerprint density at radius 2 is 1.58 bits per heavy atom. The van der Waals surface area contributed by atoms with Gasteiger partial charge in [0, 0.05) is 0 Å². The Morgan fingerprint density at radius 3 is 2.31 bits per heavy atom. The molecule has 26 heavy (non-hydrogen) atoms. The molecule has 0 atom stereocenters. The number of hydrogen-bond acceptors (Lipinski definition) is 3. The molecule has 1 N–H and O–H groups in total. The van der Waals surface area contributed by atoms with E-state index in [9.17, 15) is 9.18 Å². The number of nitrogens with one attached hydrogen (secondary N) is 1. The van der Waals surface area contributed by atoms with Crippen LogP contribution in [0.25, 0.3) is 11.1 Å². The maximum atomic E-state index is 13.4. The highest BCUT2D eigenvalue weighted by molar-refractivity contribution is 5.83. The molecule has 0 saturated heterocycles. The van der Waals surface area contributed by atoms with Crippen LogP contribution in [0.5, 0.6) is 5.75 Å². The van der Waals surface area contributed by atoms with Crippen LogP contribution in [0.15, 0.2) is 84.0 Å². The minimum atomic E-state index is -0.512. The van der Waals surface area contributed by atoms with Crippen LogP contribution in [0.1, 0.15) is 5.56 Å². The van der Waals surface area contributed by atoms with Gasteiger partial charge in [0.05, 0.1) is 6.21 Å². The fraction of sp³-hybridized carbons (Fsp3) is 0.0476. The van der Waals surface area contributed by atoms with Gasteiger partial charge in [0.2, 0.25) is 0 Å². The van der Waals surface area contributed by atoms with E-state index in [1.165, 1.54) is 18.3 Å². The number of ether oxygens (including phenoxy) is 1. The van der Waals surface area contributed by atoms with E-state index in [0.29, 0.717) is 0 Å². The van der Waals surface area contributed by atoms with E-state index >= 15 is 0 Å². The van der Waals surface area contributed by atoms with Crippen LogP contribution in [-0.4, -0.2) is 18.7 Å². The number of amides is 1. The lowest BCUT2D eigenvalue weighted by atomic mass is 10.0. The predicted octanol–water partition coefficient (Wildman–Crippen LogP) is 4.02. The SMILES string of the molecule is O=C(COc1ccccc1F)N/N=C/c1ccc(-c2ccccc2)cc1. The van der Waals surface area contributed by atoms with E-state index in [0.717, 1.165) is 16.7 Å². The molecular formula is C21H17FN2O2. The molecule has 0 bridgehead atoms. The summed E-state index contributed by atoms with van der Waals surface area (Å²) in [7, 11) is 0. The van der Waals surface area contributed by atoms with E-state index in [1.54, 1.807) is 12.1 Å². The van der Waals surface area contributed by atoms with Crippen molar-refractivity contribution in [3.8, 4) is 16.9 Å². The first-order valence-corrected chi connectivity index (χ1v) is 8.07. The van der Waals surface area contributed by atoms with E-state index in [1.807, 2.05) is 54.6 Å². The maximum Gasteiger partial charge on any atom is 0.277 e. The number of para-hydroxylation sites is 1. The van der Waals surface area contributed by atoms with Gasteiger partial charge in [-0.3, -0.25) is 4.79 Å². The van der Waals surface area contributed by atoms with Gasteiger partial charge in [-0.05, 0) is 28.8 Å². The summed E-state index contributed by atoms with van der Waals surface area (Å²) in [6.45, 7) is -0.314. The molecule has 5 heteroatoms. The standard InChI is InChI=1S/C21H17FN2O2/c22-19-8-4-5-9-20(19)26-15-21(25)24-23-14-16-10-12-18(13-11-16)17-6-2-1-3-7-17/h1-14H,15H2,(H,24,25)/b23-14+. The number of hydrazone groups is 1. The maximum absolute atomic E-state index is 13.4. The summed E-state index contributed by atoms with van der Waals surface area (Å²) in [5.74, 6) is -0.948. The average Bonchev–Trinajstić information content (AvgIpc) is 2.69. The molecule has 3 aromatic rings. The number of nitrogens with zero attached hydrogens (tertiary/aromatic N) is 1. The highest BCUT2D eigenvalue weighted by atomic mass is 19.1. The molecule has 130 valence electrons. The smallest absolute Gasteiger partial charge is 0.277 e. The molecule has 3 aromatic carbocycles. The summed E-state index contributed by atoms with van der Waals surface area (Å²) in [6.07, 6.45) is 1.54. The molecular weight excluding hydrogens is 331 g/mol. The van der Waals surface area contributed by atoms with Gasteiger partial charge >= 0.3 is 0 Å². The zero-order valence-electron chi connectivity index (χ0n) is 13.9. The van der Waals surface area contributed by atoms with Gasteiger partial charge in [0.1, 0.15) is 0 Å². The molecule has 0 aliphatic carbocycles. The molecule has 0 heterocycles. The molecule has 0 aliphatic rings. The van der Waals surface area contributed by atoms with Crippen LogP contribution >= 0.6 is 0 Å². The third-order valence-electron chi connectivity index (χ3n) is 3.62. The number of carbonyl (C=O) groups is 1. The van der Waals surface area contributed by atoms with E-state index in [2.05, 4.69) is 10.5 Å². The van der Waals surface area contributed by atoms with Crippen molar-refractivity contribution in [2.45, 2.75) is 0 Å². The van der Waals surface area contributed by atoms with E-state index < -0.39 is 11.7 Å². The molecule has 0 saturated carbocycles. The van der Waals surface area contributed by atoms with Gasteiger partial charge in [-0.25, -0.2) is 9.82 Å². The summed E-state index contributed by atoms with van der Waals surface area (Å²) in [5, 5.41) is 3.88. The predicted molar refractivity (Wildman–Crippen MR) is 99.5 cm³/mol.